The second kappa shape index (κ2) is 6.47. The molecule has 1 amide bonds. The average molecular weight is 336 g/mol. The molecule has 2 aromatic carbocycles. The zero-order chi connectivity index (χ0) is 17.2. The lowest BCUT2D eigenvalue weighted by atomic mass is 9.90. The number of hydrogen-bond acceptors (Lipinski definition) is 3. The number of primary amides is 1. The molecule has 0 fully saturated rings. The van der Waals surface area contributed by atoms with Gasteiger partial charge in [-0.15, -0.1) is 0 Å². The van der Waals surface area contributed by atoms with E-state index in [0.29, 0.717) is 11.1 Å². The highest BCUT2D eigenvalue weighted by Crippen LogP contribution is 2.27. The highest BCUT2D eigenvalue weighted by molar-refractivity contribution is 7.89. The van der Waals surface area contributed by atoms with E-state index in [2.05, 4.69) is 0 Å². The molecular weight excluding hydrogens is 319 g/mol. The number of amides is 1. The third kappa shape index (κ3) is 3.57. The summed E-state index contributed by atoms with van der Waals surface area (Å²) in [6, 6.07) is 10.7. The molecule has 0 saturated heterocycles. The lowest BCUT2D eigenvalue weighted by molar-refractivity contribution is -0.118. The van der Waals surface area contributed by atoms with Gasteiger partial charge in [0.15, 0.2) is 0 Å². The highest BCUT2D eigenvalue weighted by Gasteiger charge is 2.24. The second-order valence-corrected chi connectivity index (χ2v) is 7.00. The van der Waals surface area contributed by atoms with Crippen molar-refractivity contribution in [3.63, 3.8) is 0 Å². The molecule has 0 aliphatic carbocycles. The van der Waals surface area contributed by atoms with Crippen LogP contribution in [0.5, 0.6) is 0 Å². The van der Waals surface area contributed by atoms with Crippen molar-refractivity contribution < 1.29 is 17.6 Å². The molecule has 2 rings (SSSR count). The van der Waals surface area contributed by atoms with Crippen molar-refractivity contribution in [1.29, 1.82) is 0 Å². The van der Waals surface area contributed by atoms with Gasteiger partial charge in [-0.25, -0.2) is 17.5 Å². The van der Waals surface area contributed by atoms with Crippen LogP contribution in [0.15, 0.2) is 47.4 Å². The van der Waals surface area contributed by atoms with E-state index in [1.165, 1.54) is 13.1 Å². The molecule has 1 atom stereocenters. The lowest BCUT2D eigenvalue weighted by Crippen LogP contribution is -2.23. The van der Waals surface area contributed by atoms with Gasteiger partial charge in [-0.2, -0.15) is 0 Å². The first-order valence-corrected chi connectivity index (χ1v) is 8.33. The van der Waals surface area contributed by atoms with E-state index in [1.807, 2.05) is 17.7 Å². The van der Waals surface area contributed by atoms with Gasteiger partial charge in [0.25, 0.3) is 0 Å². The Kier molecular flexibility index (Phi) is 4.82. The van der Waals surface area contributed by atoms with Gasteiger partial charge >= 0.3 is 0 Å². The number of halogens is 1. The Bertz CT molecular complexity index is 850. The van der Waals surface area contributed by atoms with Crippen LogP contribution in [0.4, 0.5) is 4.39 Å². The van der Waals surface area contributed by atoms with E-state index in [4.69, 9.17) is 5.73 Å². The molecule has 1 unspecified atom stereocenters. The van der Waals surface area contributed by atoms with Gasteiger partial charge in [-0.3, -0.25) is 4.79 Å². The van der Waals surface area contributed by atoms with Crippen LogP contribution >= 0.6 is 0 Å². The van der Waals surface area contributed by atoms with E-state index < -0.39 is 32.6 Å². The number of carbonyl (C=O) groups excluding carboxylic acids is 1. The van der Waals surface area contributed by atoms with E-state index in [-0.39, 0.29) is 0 Å². The first kappa shape index (κ1) is 17.1. The van der Waals surface area contributed by atoms with Crippen LogP contribution in [0, 0.1) is 12.7 Å². The van der Waals surface area contributed by atoms with Crippen molar-refractivity contribution in [2.75, 3.05) is 7.05 Å². The maximum atomic E-state index is 14.2. The van der Waals surface area contributed by atoms with Gasteiger partial charge in [0, 0.05) is 0 Å². The molecular formula is C16H17FN2O3S. The molecule has 0 heterocycles. The van der Waals surface area contributed by atoms with Gasteiger partial charge in [-0.1, -0.05) is 35.9 Å². The van der Waals surface area contributed by atoms with Crippen LogP contribution in [0.25, 0.3) is 0 Å². The minimum absolute atomic E-state index is 0.302. The number of nitrogens with two attached hydrogens (primary N) is 1. The maximum Gasteiger partial charge on any atom is 0.243 e. The van der Waals surface area contributed by atoms with Crippen molar-refractivity contribution in [3.8, 4) is 0 Å². The van der Waals surface area contributed by atoms with Crippen molar-refractivity contribution in [2.24, 2.45) is 5.73 Å². The van der Waals surface area contributed by atoms with Gasteiger partial charge in [-0.05, 0) is 37.2 Å². The summed E-state index contributed by atoms with van der Waals surface area (Å²) in [7, 11) is -2.71. The van der Waals surface area contributed by atoms with Crippen LogP contribution in [-0.4, -0.2) is 21.4 Å². The smallest absolute Gasteiger partial charge is 0.243 e. The molecule has 5 nitrogen and oxygen atoms in total. The number of hydrogen-bond donors (Lipinski definition) is 2. The van der Waals surface area contributed by atoms with Crippen molar-refractivity contribution >= 4 is 15.9 Å². The van der Waals surface area contributed by atoms with Crippen molar-refractivity contribution in [1.82, 2.24) is 4.72 Å². The number of sulfonamides is 1. The molecule has 122 valence electrons. The number of benzene rings is 2. The fourth-order valence-electron chi connectivity index (χ4n) is 2.40. The molecule has 0 radical (unpaired) electrons. The maximum absolute atomic E-state index is 14.2. The van der Waals surface area contributed by atoms with Crippen molar-refractivity contribution in [2.45, 2.75) is 17.7 Å². The van der Waals surface area contributed by atoms with E-state index in [0.717, 1.165) is 17.7 Å². The molecule has 0 spiro atoms. The Morgan fingerprint density at radius 2 is 1.83 bits per heavy atom. The number of rotatable bonds is 5. The third-order valence-corrected chi connectivity index (χ3v) is 4.96. The molecule has 2 aromatic rings. The standard InChI is InChI=1S/C16H17FN2O3S/c1-10-4-3-5-11(8-10)15(16(18)20)12-6-7-14(13(17)9-12)23(21,22)19-2/h3-9,15,19H,1-2H3,(H2,18,20). The van der Waals surface area contributed by atoms with Crippen LogP contribution in [0.2, 0.25) is 0 Å². The van der Waals surface area contributed by atoms with E-state index in [1.54, 1.807) is 18.2 Å². The Morgan fingerprint density at radius 3 is 2.35 bits per heavy atom. The Balaban J connectivity index is 2.54. The van der Waals surface area contributed by atoms with Crippen LogP contribution in [-0.2, 0) is 14.8 Å². The molecule has 0 aromatic heterocycles. The van der Waals surface area contributed by atoms with E-state index >= 15 is 0 Å². The van der Waals surface area contributed by atoms with Gasteiger partial charge < -0.3 is 5.73 Å². The second-order valence-electron chi connectivity index (χ2n) is 5.15. The number of carbonyl (C=O) groups is 1. The average Bonchev–Trinajstić information content (AvgIpc) is 2.47. The zero-order valence-electron chi connectivity index (χ0n) is 12.7. The molecule has 0 saturated carbocycles. The Morgan fingerprint density at radius 1 is 1.17 bits per heavy atom. The molecule has 0 aliphatic heterocycles. The van der Waals surface area contributed by atoms with Crippen LogP contribution in [0.3, 0.4) is 0 Å². The fourth-order valence-corrected chi connectivity index (χ4v) is 3.18. The van der Waals surface area contributed by atoms with E-state index in [9.17, 15) is 17.6 Å². The largest absolute Gasteiger partial charge is 0.369 e. The minimum atomic E-state index is -3.90. The SMILES string of the molecule is CNS(=O)(=O)c1ccc(C(C(N)=O)c2cccc(C)c2)cc1F. The molecule has 23 heavy (non-hydrogen) atoms. The van der Waals surface area contributed by atoms with Crippen LogP contribution < -0.4 is 10.5 Å². The summed E-state index contributed by atoms with van der Waals surface area (Å²) >= 11 is 0. The summed E-state index contributed by atoms with van der Waals surface area (Å²) in [6.07, 6.45) is 0. The van der Waals surface area contributed by atoms with Gasteiger partial charge in [0.05, 0.1) is 5.92 Å². The molecule has 7 heteroatoms. The summed E-state index contributed by atoms with van der Waals surface area (Å²) in [5, 5.41) is 0. The molecule has 0 bridgehead atoms. The monoisotopic (exact) mass is 336 g/mol. The fraction of sp³-hybridized carbons (Fsp3) is 0.188. The predicted octanol–water partition coefficient (Wildman–Crippen LogP) is 1.66. The quantitative estimate of drug-likeness (QED) is 0.870. The third-order valence-electron chi connectivity index (χ3n) is 3.51. The molecule has 3 N–H and O–H groups in total. The summed E-state index contributed by atoms with van der Waals surface area (Å²) in [5.74, 6) is -2.43. The summed E-state index contributed by atoms with van der Waals surface area (Å²) < 4.78 is 39.6. The highest BCUT2D eigenvalue weighted by atomic mass is 32.2. The molecule has 0 aliphatic rings. The lowest BCUT2D eigenvalue weighted by Gasteiger charge is -2.16. The number of aryl methyl sites for hydroxylation is 1. The first-order chi connectivity index (χ1) is 10.8. The first-order valence-electron chi connectivity index (χ1n) is 6.85. The normalized spacial score (nSPS) is 12.8. The summed E-state index contributed by atoms with van der Waals surface area (Å²) in [5.41, 5.74) is 7.32. The Labute approximate surface area is 134 Å². The van der Waals surface area contributed by atoms with Crippen LogP contribution in [0.1, 0.15) is 22.6 Å². The van der Waals surface area contributed by atoms with Gasteiger partial charge in [0.2, 0.25) is 15.9 Å². The Hall–Kier alpha value is -2.25. The zero-order valence-corrected chi connectivity index (χ0v) is 13.5. The summed E-state index contributed by atoms with van der Waals surface area (Å²) in [6.45, 7) is 1.87. The predicted molar refractivity (Wildman–Crippen MR) is 84.9 cm³/mol. The minimum Gasteiger partial charge on any atom is -0.369 e. The van der Waals surface area contributed by atoms with Gasteiger partial charge in [0.1, 0.15) is 10.7 Å². The summed E-state index contributed by atoms with van der Waals surface area (Å²) in [4.78, 5) is 11.4. The number of nitrogens with one attached hydrogen (secondary N) is 1. The topological polar surface area (TPSA) is 89.3 Å². The van der Waals surface area contributed by atoms with Crippen molar-refractivity contribution in [3.05, 3.63) is 65.0 Å².